The maximum atomic E-state index is 14.4. The molecule has 0 saturated carbocycles. The fourth-order valence-corrected chi connectivity index (χ4v) is 5.76. The van der Waals surface area contributed by atoms with E-state index >= 15 is 0 Å². The topological polar surface area (TPSA) is 54.9 Å². The molecular weight excluding hydrogens is 438 g/mol. The van der Waals surface area contributed by atoms with Crippen LogP contribution in [0.3, 0.4) is 0 Å². The molecule has 6 rings (SSSR count). The van der Waals surface area contributed by atoms with Crippen LogP contribution in [0.1, 0.15) is 42.9 Å². The van der Waals surface area contributed by atoms with Gasteiger partial charge in [-0.25, -0.2) is 4.98 Å². The van der Waals surface area contributed by atoms with E-state index in [1.807, 2.05) is 42.2 Å². The molecule has 0 fully saturated rings. The highest BCUT2D eigenvalue weighted by molar-refractivity contribution is 6.13. The van der Waals surface area contributed by atoms with E-state index in [2.05, 4.69) is 42.2 Å². The number of rotatable bonds is 6. The van der Waals surface area contributed by atoms with Crippen LogP contribution < -0.4 is 19.3 Å². The van der Waals surface area contributed by atoms with Crippen LogP contribution in [-0.2, 0) is 16.6 Å². The molecule has 1 amide bonds. The average Bonchev–Trinajstić information content (AvgIpc) is 3.55. The molecular formula is C29H31N3O3. The second kappa shape index (κ2) is 8.29. The maximum Gasteiger partial charge on any atom is 0.245 e. The van der Waals surface area contributed by atoms with Crippen LogP contribution >= 0.6 is 0 Å². The number of carbonyl (C=O) groups excluding carboxylic acids is 1. The fraction of sp³-hybridized carbons (Fsp3) is 0.379. The standard InChI is InChI=1S/C29H31N3O3/c1-4-5-6-13-32-23-9-7-8-21(20-10-11-26(30-17-20)31(2)3)27(23)29(28(32)33)18-35-25-16-24-19(12-14-34-24)15-22(25)29/h7-11,15-17H,4-6,12-14,18H2,1-3H3. The first-order valence-electron chi connectivity index (χ1n) is 12.6. The summed E-state index contributed by atoms with van der Waals surface area (Å²) < 4.78 is 12.0. The Morgan fingerprint density at radius 1 is 1.09 bits per heavy atom. The molecule has 1 spiro atoms. The van der Waals surface area contributed by atoms with Gasteiger partial charge in [0, 0.05) is 61.7 Å². The molecule has 1 aromatic heterocycles. The number of amides is 1. The van der Waals surface area contributed by atoms with E-state index in [9.17, 15) is 4.79 Å². The molecule has 35 heavy (non-hydrogen) atoms. The zero-order valence-electron chi connectivity index (χ0n) is 20.6. The number of benzene rings is 2. The lowest BCUT2D eigenvalue weighted by atomic mass is 9.74. The molecule has 0 saturated heterocycles. The number of aromatic nitrogens is 1. The quantitative estimate of drug-likeness (QED) is 0.478. The number of anilines is 2. The zero-order valence-corrected chi connectivity index (χ0v) is 20.6. The van der Waals surface area contributed by atoms with E-state index in [1.54, 1.807) is 0 Å². The minimum absolute atomic E-state index is 0.117. The summed E-state index contributed by atoms with van der Waals surface area (Å²) in [6.07, 6.45) is 5.96. The SMILES string of the molecule is CCCCCN1C(=O)C2(COc3cc4c(cc32)CCO4)c2c(-c3ccc(N(C)C)nc3)cccc21. The summed E-state index contributed by atoms with van der Waals surface area (Å²) in [7, 11) is 3.97. The molecule has 0 N–H and O–H groups in total. The van der Waals surface area contributed by atoms with E-state index in [1.165, 1.54) is 0 Å². The van der Waals surface area contributed by atoms with Gasteiger partial charge in [0.05, 0.1) is 6.61 Å². The first-order valence-corrected chi connectivity index (χ1v) is 12.6. The van der Waals surface area contributed by atoms with E-state index in [4.69, 9.17) is 9.47 Å². The molecule has 0 aliphatic carbocycles. The van der Waals surface area contributed by atoms with Gasteiger partial charge < -0.3 is 19.3 Å². The normalized spacial score (nSPS) is 19.4. The van der Waals surface area contributed by atoms with Crippen molar-refractivity contribution in [2.45, 2.75) is 38.0 Å². The van der Waals surface area contributed by atoms with Gasteiger partial charge in [-0.15, -0.1) is 0 Å². The Labute approximate surface area is 206 Å². The van der Waals surface area contributed by atoms with Gasteiger partial charge in [0.2, 0.25) is 5.91 Å². The summed E-state index contributed by atoms with van der Waals surface area (Å²) in [4.78, 5) is 23.0. The summed E-state index contributed by atoms with van der Waals surface area (Å²) in [5, 5.41) is 0. The lowest BCUT2D eigenvalue weighted by Crippen LogP contribution is -2.43. The number of hydrogen-bond donors (Lipinski definition) is 0. The van der Waals surface area contributed by atoms with Gasteiger partial charge >= 0.3 is 0 Å². The van der Waals surface area contributed by atoms with Crippen molar-refractivity contribution in [3.63, 3.8) is 0 Å². The minimum atomic E-state index is -0.856. The number of ether oxygens (including phenoxy) is 2. The summed E-state index contributed by atoms with van der Waals surface area (Å²) in [5.41, 5.74) is 5.35. The number of hydrogen-bond acceptors (Lipinski definition) is 5. The second-order valence-electron chi connectivity index (χ2n) is 9.91. The third-order valence-electron chi connectivity index (χ3n) is 7.57. The van der Waals surface area contributed by atoms with Gasteiger partial charge in [0.1, 0.15) is 29.3 Å². The number of fused-ring (bicyclic) bond motifs is 5. The molecule has 3 aromatic rings. The maximum absolute atomic E-state index is 14.4. The molecule has 4 heterocycles. The lowest BCUT2D eigenvalue weighted by molar-refractivity contribution is -0.122. The van der Waals surface area contributed by atoms with E-state index in [0.717, 1.165) is 76.5 Å². The van der Waals surface area contributed by atoms with Crippen molar-refractivity contribution in [1.82, 2.24) is 4.98 Å². The van der Waals surface area contributed by atoms with Crippen molar-refractivity contribution in [3.05, 3.63) is 65.4 Å². The Balaban J connectivity index is 1.55. The van der Waals surface area contributed by atoms with Crippen LogP contribution in [0.25, 0.3) is 11.1 Å². The van der Waals surface area contributed by atoms with Crippen LogP contribution in [0.15, 0.2) is 48.7 Å². The number of unbranched alkanes of at least 4 members (excludes halogenated alkanes) is 2. The average molecular weight is 470 g/mol. The molecule has 1 unspecified atom stereocenters. The van der Waals surface area contributed by atoms with Gasteiger partial charge in [0.25, 0.3) is 0 Å². The van der Waals surface area contributed by atoms with Crippen molar-refractivity contribution < 1.29 is 14.3 Å². The highest BCUT2D eigenvalue weighted by Gasteiger charge is 2.58. The second-order valence-corrected chi connectivity index (χ2v) is 9.91. The molecule has 3 aliphatic rings. The number of pyridine rings is 1. The molecule has 0 bridgehead atoms. The van der Waals surface area contributed by atoms with Gasteiger partial charge in [0.15, 0.2) is 0 Å². The highest BCUT2D eigenvalue weighted by atomic mass is 16.5. The third kappa shape index (κ3) is 3.23. The first-order chi connectivity index (χ1) is 17.0. The summed E-state index contributed by atoms with van der Waals surface area (Å²) >= 11 is 0. The monoisotopic (exact) mass is 469 g/mol. The Hall–Kier alpha value is -3.54. The Morgan fingerprint density at radius 2 is 1.97 bits per heavy atom. The molecule has 6 nitrogen and oxygen atoms in total. The van der Waals surface area contributed by atoms with Gasteiger partial charge in [-0.1, -0.05) is 31.9 Å². The molecule has 0 radical (unpaired) electrons. The smallest absolute Gasteiger partial charge is 0.245 e. The fourth-order valence-electron chi connectivity index (χ4n) is 5.76. The molecule has 6 heteroatoms. The van der Waals surface area contributed by atoms with Gasteiger partial charge in [-0.3, -0.25) is 4.79 Å². The largest absolute Gasteiger partial charge is 0.493 e. The minimum Gasteiger partial charge on any atom is -0.493 e. The van der Waals surface area contributed by atoms with Crippen molar-refractivity contribution in [2.75, 3.05) is 43.7 Å². The van der Waals surface area contributed by atoms with Crippen LogP contribution in [0.4, 0.5) is 11.5 Å². The van der Waals surface area contributed by atoms with Crippen LogP contribution in [-0.4, -0.2) is 44.7 Å². The number of nitrogens with zero attached hydrogens (tertiary/aromatic N) is 3. The Bertz CT molecular complexity index is 1300. The Kier molecular flexibility index (Phi) is 5.20. The summed E-state index contributed by atoms with van der Waals surface area (Å²) in [5.74, 6) is 2.66. The lowest BCUT2D eigenvalue weighted by Gasteiger charge is -2.24. The van der Waals surface area contributed by atoms with Crippen molar-refractivity contribution in [3.8, 4) is 22.6 Å². The highest BCUT2D eigenvalue weighted by Crippen LogP contribution is 2.56. The zero-order chi connectivity index (χ0) is 24.2. The third-order valence-corrected chi connectivity index (χ3v) is 7.57. The summed E-state index contributed by atoms with van der Waals surface area (Å²) in [6, 6.07) is 14.5. The summed E-state index contributed by atoms with van der Waals surface area (Å²) in [6.45, 7) is 3.88. The van der Waals surface area contributed by atoms with Gasteiger partial charge in [-0.2, -0.15) is 0 Å². The van der Waals surface area contributed by atoms with Crippen molar-refractivity contribution in [1.29, 1.82) is 0 Å². The van der Waals surface area contributed by atoms with Crippen LogP contribution in [0, 0.1) is 0 Å². The van der Waals surface area contributed by atoms with Crippen molar-refractivity contribution >= 4 is 17.4 Å². The van der Waals surface area contributed by atoms with Crippen LogP contribution in [0.2, 0.25) is 0 Å². The van der Waals surface area contributed by atoms with E-state index < -0.39 is 5.41 Å². The molecule has 2 aromatic carbocycles. The molecule has 1 atom stereocenters. The van der Waals surface area contributed by atoms with Crippen LogP contribution in [0.5, 0.6) is 11.5 Å². The molecule has 3 aliphatic heterocycles. The van der Waals surface area contributed by atoms with E-state index in [-0.39, 0.29) is 5.91 Å². The predicted molar refractivity (Wildman–Crippen MR) is 138 cm³/mol. The predicted octanol–water partition coefficient (Wildman–Crippen LogP) is 4.96. The molecule has 180 valence electrons. The van der Waals surface area contributed by atoms with Crippen molar-refractivity contribution in [2.24, 2.45) is 0 Å². The van der Waals surface area contributed by atoms with E-state index in [0.29, 0.717) is 19.8 Å². The Morgan fingerprint density at radius 3 is 2.74 bits per heavy atom. The number of carbonyl (C=O) groups is 1. The van der Waals surface area contributed by atoms with Gasteiger partial charge in [-0.05, 0) is 41.8 Å². The first kappa shape index (κ1) is 22.0.